The molecule has 0 radical (unpaired) electrons. The van der Waals surface area contributed by atoms with Crippen molar-refractivity contribution in [3.63, 3.8) is 0 Å². The molecule has 2 rings (SSSR count). The lowest BCUT2D eigenvalue weighted by molar-refractivity contribution is -0.137. The lowest BCUT2D eigenvalue weighted by Crippen LogP contribution is -2.29. The van der Waals surface area contributed by atoms with Gasteiger partial charge in [-0.1, -0.05) is 13.8 Å². The lowest BCUT2D eigenvalue weighted by Gasteiger charge is -2.20. The molecule has 0 atom stereocenters. The predicted octanol–water partition coefficient (Wildman–Crippen LogP) is 5.72. The van der Waals surface area contributed by atoms with E-state index in [0.29, 0.717) is 51.3 Å². The molecule has 1 aromatic carbocycles. The average molecular weight is 505 g/mol. The second-order valence-electron chi connectivity index (χ2n) is 6.87. The maximum Gasteiger partial charge on any atom is 0.416 e. The molecule has 1 aromatic heterocycles. The summed E-state index contributed by atoms with van der Waals surface area (Å²) in [6.07, 6.45) is -2.00. The van der Waals surface area contributed by atoms with Crippen LogP contribution in [-0.2, 0) is 31.8 Å². The van der Waals surface area contributed by atoms with Crippen LogP contribution in [0.5, 0.6) is 0 Å². The fourth-order valence-corrected chi connectivity index (χ4v) is 4.36. The Morgan fingerprint density at radius 1 is 1.20 bits per heavy atom. The fourth-order valence-electron chi connectivity index (χ4n) is 3.29. The molecular weight excluding hydrogens is 481 g/mol. The highest BCUT2D eigenvalue weighted by Crippen LogP contribution is 2.35. The van der Waals surface area contributed by atoms with E-state index in [4.69, 9.17) is 0 Å². The van der Waals surface area contributed by atoms with Gasteiger partial charge in [-0.3, -0.25) is 9.59 Å². The number of anilines is 1. The van der Waals surface area contributed by atoms with Crippen LogP contribution in [0.3, 0.4) is 0 Å². The highest BCUT2D eigenvalue weighted by atomic mass is 79.9. The number of nitrogens with zero attached hydrogens (tertiary/aromatic N) is 1. The van der Waals surface area contributed by atoms with Crippen molar-refractivity contribution in [1.82, 2.24) is 4.57 Å². The van der Waals surface area contributed by atoms with Gasteiger partial charge in [-0.2, -0.15) is 24.9 Å². The van der Waals surface area contributed by atoms with E-state index < -0.39 is 23.1 Å². The van der Waals surface area contributed by atoms with Crippen LogP contribution in [0.1, 0.15) is 52.3 Å². The van der Waals surface area contributed by atoms with Crippen LogP contribution in [0.25, 0.3) is 0 Å². The second kappa shape index (κ2) is 9.60. The third-order valence-electron chi connectivity index (χ3n) is 5.08. The molecule has 164 valence electrons. The molecule has 0 aliphatic carbocycles. The van der Waals surface area contributed by atoms with Crippen LogP contribution < -0.4 is 10.7 Å². The van der Waals surface area contributed by atoms with Gasteiger partial charge in [-0.25, -0.2) is 0 Å². The maximum absolute atomic E-state index is 13.3. The summed E-state index contributed by atoms with van der Waals surface area (Å²) in [6, 6.07) is 2.11. The molecule has 1 heterocycles. The van der Waals surface area contributed by atoms with Crippen LogP contribution in [0.4, 0.5) is 18.9 Å². The van der Waals surface area contributed by atoms with Crippen molar-refractivity contribution in [1.29, 1.82) is 0 Å². The summed E-state index contributed by atoms with van der Waals surface area (Å²) in [6.45, 7) is 5.23. The van der Waals surface area contributed by atoms with Gasteiger partial charge in [-0.05, 0) is 65.2 Å². The minimum atomic E-state index is -4.47. The molecular formula is C21H24BrF3N2O2S. The Balaban J connectivity index is 2.65. The molecule has 0 saturated carbocycles. The van der Waals surface area contributed by atoms with Gasteiger partial charge >= 0.3 is 6.18 Å². The number of halogens is 4. The van der Waals surface area contributed by atoms with Crippen molar-refractivity contribution in [3.8, 4) is 0 Å². The summed E-state index contributed by atoms with van der Waals surface area (Å²) >= 11 is 4.73. The molecule has 1 N–H and O–H groups in total. The number of hydrogen-bond acceptors (Lipinski definition) is 3. The largest absolute Gasteiger partial charge is 0.416 e. The molecule has 0 unspecified atom stereocenters. The highest BCUT2D eigenvalue weighted by molar-refractivity contribution is 9.10. The summed E-state index contributed by atoms with van der Waals surface area (Å²) in [5, 5.41) is 2.74. The van der Waals surface area contributed by atoms with E-state index in [2.05, 4.69) is 21.2 Å². The van der Waals surface area contributed by atoms with Gasteiger partial charge in [0, 0.05) is 29.9 Å². The van der Waals surface area contributed by atoms with E-state index >= 15 is 0 Å². The number of amides is 1. The van der Waals surface area contributed by atoms with E-state index in [1.54, 1.807) is 32.4 Å². The Bertz CT molecular complexity index is 1010. The first kappa shape index (κ1) is 24.5. The van der Waals surface area contributed by atoms with Crippen LogP contribution in [-0.4, -0.2) is 16.7 Å². The molecule has 0 bridgehead atoms. The predicted molar refractivity (Wildman–Crippen MR) is 119 cm³/mol. The van der Waals surface area contributed by atoms with Gasteiger partial charge in [0.05, 0.1) is 10.0 Å². The van der Waals surface area contributed by atoms with Crippen molar-refractivity contribution >= 4 is 39.3 Å². The minimum absolute atomic E-state index is 0.00618. The summed E-state index contributed by atoms with van der Waals surface area (Å²) in [7, 11) is 1.77. The topological polar surface area (TPSA) is 51.1 Å². The summed E-state index contributed by atoms with van der Waals surface area (Å²) in [4.78, 5) is 26.1. The molecule has 0 spiro atoms. The third-order valence-corrected chi connectivity index (χ3v) is 6.57. The van der Waals surface area contributed by atoms with Gasteiger partial charge in [0.2, 0.25) is 5.43 Å². The fraction of sp³-hybridized carbons (Fsp3) is 0.429. The number of aromatic nitrogens is 1. The molecule has 0 aliphatic heterocycles. The van der Waals surface area contributed by atoms with Crippen LogP contribution in [0.2, 0.25) is 0 Å². The van der Waals surface area contributed by atoms with E-state index in [1.165, 1.54) is 11.8 Å². The Kier molecular flexibility index (Phi) is 7.85. The highest BCUT2D eigenvalue weighted by Gasteiger charge is 2.32. The van der Waals surface area contributed by atoms with E-state index in [-0.39, 0.29) is 5.56 Å². The number of carbonyl (C=O) groups is 1. The Morgan fingerprint density at radius 2 is 1.73 bits per heavy atom. The summed E-state index contributed by atoms with van der Waals surface area (Å²) < 4.78 is 41.8. The third kappa shape index (κ3) is 4.77. The number of rotatable bonds is 6. The number of carbonyl (C=O) groups excluding carboxylic acids is 1. The number of thioether (sulfide) groups is 1. The number of pyridine rings is 1. The van der Waals surface area contributed by atoms with Gasteiger partial charge < -0.3 is 9.88 Å². The molecule has 4 nitrogen and oxygen atoms in total. The Hall–Kier alpha value is -1.74. The van der Waals surface area contributed by atoms with Crippen LogP contribution in [0, 0.1) is 6.92 Å². The quantitative estimate of drug-likeness (QED) is 0.547. The molecule has 0 fully saturated rings. The van der Waals surface area contributed by atoms with E-state index in [1.807, 2.05) is 6.26 Å². The smallest absolute Gasteiger partial charge is 0.349 e. The number of alkyl halides is 3. The Labute approximate surface area is 186 Å². The SMILES string of the molecule is CCc1cc(C(F)(F)F)cc(CC)c1NC(=O)c1c(CSC)n(C)c(C)c(Br)c1=O. The molecule has 1 amide bonds. The van der Waals surface area contributed by atoms with Crippen molar-refractivity contribution < 1.29 is 18.0 Å². The number of benzene rings is 1. The van der Waals surface area contributed by atoms with E-state index in [9.17, 15) is 22.8 Å². The van der Waals surface area contributed by atoms with Crippen LogP contribution in [0.15, 0.2) is 21.4 Å². The number of hydrogen-bond donors (Lipinski definition) is 1. The van der Waals surface area contributed by atoms with Gasteiger partial charge in [0.1, 0.15) is 5.56 Å². The van der Waals surface area contributed by atoms with E-state index in [0.717, 1.165) is 12.1 Å². The summed E-state index contributed by atoms with van der Waals surface area (Å²) in [5.41, 5.74) is 1.17. The molecule has 0 aliphatic rings. The van der Waals surface area contributed by atoms with Crippen LogP contribution >= 0.6 is 27.7 Å². The molecule has 2 aromatic rings. The first-order valence-electron chi connectivity index (χ1n) is 9.39. The maximum atomic E-state index is 13.3. The number of nitrogens with one attached hydrogen (secondary N) is 1. The molecule has 9 heteroatoms. The van der Waals surface area contributed by atoms with Gasteiger partial charge in [0.15, 0.2) is 0 Å². The monoisotopic (exact) mass is 504 g/mol. The Morgan fingerprint density at radius 3 is 2.17 bits per heavy atom. The second-order valence-corrected chi connectivity index (χ2v) is 8.53. The van der Waals surface area contributed by atoms with Gasteiger partial charge in [-0.15, -0.1) is 0 Å². The van der Waals surface area contributed by atoms with Crippen molar-refractivity contribution in [2.75, 3.05) is 11.6 Å². The van der Waals surface area contributed by atoms with Crippen molar-refractivity contribution in [3.05, 3.63) is 60.5 Å². The standard InChI is InChI=1S/C21H24BrF3N2O2S/c1-6-12-8-14(21(23,24)25)9-13(7-2)18(12)26-20(29)16-15(10-30-5)27(4)11(3)17(22)19(16)28/h8-9H,6-7,10H2,1-5H3,(H,26,29). The summed E-state index contributed by atoms with van der Waals surface area (Å²) in [5.74, 6) is -0.179. The zero-order valence-corrected chi connectivity index (χ0v) is 19.9. The van der Waals surface area contributed by atoms with Crippen molar-refractivity contribution in [2.45, 2.75) is 45.5 Å². The normalized spacial score (nSPS) is 11.6. The average Bonchev–Trinajstić information content (AvgIpc) is 2.69. The lowest BCUT2D eigenvalue weighted by atomic mass is 9.98. The molecule has 30 heavy (non-hydrogen) atoms. The number of aryl methyl sites for hydroxylation is 2. The molecule has 0 saturated heterocycles. The van der Waals surface area contributed by atoms with Gasteiger partial charge in [0.25, 0.3) is 5.91 Å². The first-order chi connectivity index (χ1) is 14.0. The minimum Gasteiger partial charge on any atom is -0.349 e. The van der Waals surface area contributed by atoms with Crippen molar-refractivity contribution in [2.24, 2.45) is 7.05 Å². The first-order valence-corrected chi connectivity index (χ1v) is 11.6. The zero-order valence-electron chi connectivity index (χ0n) is 17.5. The zero-order chi connectivity index (χ0) is 22.8.